The Morgan fingerprint density at radius 3 is 3.00 bits per heavy atom. The van der Waals surface area contributed by atoms with Crippen LogP contribution in [0.2, 0.25) is 0 Å². The average molecular weight is 281 g/mol. The summed E-state index contributed by atoms with van der Waals surface area (Å²) in [4.78, 5) is 11.4. The standard InChI is InChI=1S/C12H16N4S2/c1-6(2)16-4-3-7-8(5-16)18-11-9(7)10(13)14-12(17)15-11/h6H,3-5H2,1-2H3,(H3,13,14,15,17)/p+1. The minimum absolute atomic E-state index is 0.478. The number of nitrogens with zero attached hydrogens (tertiary/aromatic N) is 1. The molecule has 1 atom stereocenters. The SMILES string of the molecule is CC(C)[NH+]1CCc2c(sc3nc(=S)[nH]c(N)c23)C1. The second-order valence-corrected chi connectivity index (χ2v) is 6.60. The van der Waals surface area contributed by atoms with E-state index in [0.29, 0.717) is 16.6 Å². The summed E-state index contributed by atoms with van der Waals surface area (Å²) in [5, 5.41) is 1.10. The van der Waals surface area contributed by atoms with Crippen molar-refractivity contribution in [3.63, 3.8) is 0 Å². The molecular weight excluding hydrogens is 264 g/mol. The Hall–Kier alpha value is -0.980. The molecule has 1 aliphatic rings. The third kappa shape index (κ3) is 1.84. The maximum absolute atomic E-state index is 6.06. The third-order valence-electron chi connectivity index (χ3n) is 3.69. The monoisotopic (exact) mass is 281 g/mol. The first-order valence-electron chi connectivity index (χ1n) is 6.21. The third-order valence-corrected chi connectivity index (χ3v) is 5.01. The highest BCUT2D eigenvalue weighted by Gasteiger charge is 2.26. The van der Waals surface area contributed by atoms with Crippen LogP contribution in [0.3, 0.4) is 0 Å². The molecule has 3 heterocycles. The van der Waals surface area contributed by atoms with Gasteiger partial charge >= 0.3 is 0 Å². The van der Waals surface area contributed by atoms with Crippen LogP contribution in [0.4, 0.5) is 5.82 Å². The van der Waals surface area contributed by atoms with Gasteiger partial charge in [0, 0.05) is 6.42 Å². The molecule has 0 spiro atoms. The van der Waals surface area contributed by atoms with Crippen molar-refractivity contribution in [3.05, 3.63) is 15.2 Å². The summed E-state index contributed by atoms with van der Waals surface area (Å²) in [6.07, 6.45) is 1.08. The van der Waals surface area contributed by atoms with Crippen LogP contribution in [0, 0.1) is 4.77 Å². The van der Waals surface area contributed by atoms with Crippen molar-refractivity contribution < 1.29 is 4.90 Å². The fourth-order valence-electron chi connectivity index (χ4n) is 2.63. The topological polar surface area (TPSA) is 59.1 Å². The molecule has 2 aromatic rings. The van der Waals surface area contributed by atoms with Crippen LogP contribution >= 0.6 is 23.6 Å². The Labute approximate surface area is 115 Å². The zero-order chi connectivity index (χ0) is 12.9. The van der Waals surface area contributed by atoms with E-state index in [9.17, 15) is 0 Å². The summed E-state index contributed by atoms with van der Waals surface area (Å²) in [6, 6.07) is 0.662. The summed E-state index contributed by atoms with van der Waals surface area (Å²) in [5.74, 6) is 0.676. The second-order valence-electron chi connectivity index (χ2n) is 5.13. The molecule has 1 aliphatic heterocycles. The molecule has 4 N–H and O–H groups in total. The quantitative estimate of drug-likeness (QED) is 0.690. The van der Waals surface area contributed by atoms with Crippen LogP contribution in [0.25, 0.3) is 10.2 Å². The number of quaternary nitrogens is 1. The molecule has 0 aromatic carbocycles. The lowest BCUT2D eigenvalue weighted by molar-refractivity contribution is -0.936. The van der Waals surface area contributed by atoms with Crippen LogP contribution in [0.1, 0.15) is 24.3 Å². The van der Waals surface area contributed by atoms with Crippen LogP contribution in [0.15, 0.2) is 0 Å². The first-order valence-corrected chi connectivity index (χ1v) is 7.43. The molecule has 4 nitrogen and oxygen atoms in total. The van der Waals surface area contributed by atoms with Gasteiger partial charge in [-0.05, 0) is 31.6 Å². The molecule has 0 amide bonds. The number of nitrogens with two attached hydrogens (primary N) is 1. The maximum atomic E-state index is 6.06. The van der Waals surface area contributed by atoms with E-state index in [1.54, 1.807) is 16.2 Å². The van der Waals surface area contributed by atoms with Crippen molar-refractivity contribution >= 4 is 39.6 Å². The largest absolute Gasteiger partial charge is 0.385 e. The Morgan fingerprint density at radius 1 is 1.50 bits per heavy atom. The minimum Gasteiger partial charge on any atom is -0.385 e. The highest BCUT2D eigenvalue weighted by atomic mass is 32.1. The van der Waals surface area contributed by atoms with Crippen LogP contribution in [0.5, 0.6) is 0 Å². The molecule has 0 saturated carbocycles. The number of aromatic amines is 1. The first kappa shape index (κ1) is 12.1. The van der Waals surface area contributed by atoms with Gasteiger partial charge < -0.3 is 15.6 Å². The molecule has 6 heteroatoms. The average Bonchev–Trinajstić information content (AvgIpc) is 2.65. The fraction of sp³-hybridized carbons (Fsp3) is 0.500. The number of hydrogen-bond acceptors (Lipinski definition) is 4. The van der Waals surface area contributed by atoms with Gasteiger partial charge in [0.05, 0.1) is 22.8 Å². The summed E-state index contributed by atoms with van der Waals surface area (Å²) < 4.78 is 0.478. The Kier molecular flexibility index (Phi) is 2.88. The number of anilines is 1. The molecule has 1 unspecified atom stereocenters. The highest BCUT2D eigenvalue weighted by Crippen LogP contribution is 2.33. The summed E-state index contributed by atoms with van der Waals surface area (Å²) in [7, 11) is 0. The lowest BCUT2D eigenvalue weighted by atomic mass is 10.0. The van der Waals surface area contributed by atoms with Gasteiger partial charge in [0.25, 0.3) is 0 Å². The molecular formula is C12H17N4S2+. The Bertz CT molecular complexity index is 656. The molecule has 0 fully saturated rings. The molecule has 96 valence electrons. The molecule has 3 rings (SSSR count). The number of aromatic nitrogens is 2. The van der Waals surface area contributed by atoms with Gasteiger partial charge in [0.2, 0.25) is 0 Å². The Balaban J connectivity index is 2.16. The van der Waals surface area contributed by atoms with Gasteiger partial charge in [-0.3, -0.25) is 0 Å². The van der Waals surface area contributed by atoms with Crippen molar-refractivity contribution in [2.75, 3.05) is 12.3 Å². The highest BCUT2D eigenvalue weighted by molar-refractivity contribution is 7.71. The second kappa shape index (κ2) is 4.29. The van der Waals surface area contributed by atoms with Gasteiger partial charge in [-0.15, -0.1) is 11.3 Å². The number of H-pyrrole nitrogens is 1. The van der Waals surface area contributed by atoms with Crippen LogP contribution < -0.4 is 10.6 Å². The normalized spacial score (nSPS) is 19.4. The summed E-state index contributed by atoms with van der Waals surface area (Å²) in [6.45, 7) is 6.80. The van der Waals surface area contributed by atoms with E-state index in [2.05, 4.69) is 23.8 Å². The van der Waals surface area contributed by atoms with E-state index < -0.39 is 0 Å². The first-order chi connectivity index (χ1) is 8.56. The van der Waals surface area contributed by atoms with Crippen molar-refractivity contribution in [1.29, 1.82) is 0 Å². The van der Waals surface area contributed by atoms with Crippen molar-refractivity contribution in [2.24, 2.45) is 0 Å². The minimum atomic E-state index is 0.478. The molecule has 0 saturated heterocycles. The number of thiophene rings is 1. The zero-order valence-corrected chi connectivity index (χ0v) is 12.2. The Morgan fingerprint density at radius 2 is 2.28 bits per heavy atom. The number of fused-ring (bicyclic) bond motifs is 3. The summed E-state index contributed by atoms with van der Waals surface area (Å²) >= 11 is 6.84. The van der Waals surface area contributed by atoms with Crippen molar-refractivity contribution in [2.45, 2.75) is 32.9 Å². The lowest BCUT2D eigenvalue weighted by Gasteiger charge is -2.27. The number of nitrogen functional groups attached to an aromatic ring is 1. The predicted octanol–water partition coefficient (Wildman–Crippen LogP) is 1.29. The summed E-state index contributed by atoms with van der Waals surface area (Å²) in [5.41, 5.74) is 7.44. The van der Waals surface area contributed by atoms with Gasteiger partial charge in [0.15, 0.2) is 4.77 Å². The smallest absolute Gasteiger partial charge is 0.199 e. The molecule has 0 bridgehead atoms. The maximum Gasteiger partial charge on any atom is 0.199 e. The predicted molar refractivity (Wildman–Crippen MR) is 77.6 cm³/mol. The number of nitrogens with one attached hydrogen (secondary N) is 2. The van der Waals surface area contributed by atoms with E-state index >= 15 is 0 Å². The molecule has 0 radical (unpaired) electrons. The fourth-order valence-corrected chi connectivity index (χ4v) is 4.18. The van der Waals surface area contributed by atoms with E-state index in [-0.39, 0.29) is 0 Å². The zero-order valence-electron chi connectivity index (χ0n) is 10.5. The van der Waals surface area contributed by atoms with E-state index in [1.807, 2.05) is 0 Å². The molecule has 2 aromatic heterocycles. The number of rotatable bonds is 1. The van der Waals surface area contributed by atoms with Gasteiger partial charge in [0.1, 0.15) is 17.2 Å². The van der Waals surface area contributed by atoms with Crippen molar-refractivity contribution in [3.8, 4) is 0 Å². The van der Waals surface area contributed by atoms with E-state index in [4.69, 9.17) is 18.0 Å². The van der Waals surface area contributed by atoms with Crippen LogP contribution in [-0.4, -0.2) is 22.6 Å². The van der Waals surface area contributed by atoms with Crippen LogP contribution in [-0.2, 0) is 13.0 Å². The van der Waals surface area contributed by atoms with Gasteiger partial charge in [-0.2, -0.15) is 0 Å². The van der Waals surface area contributed by atoms with Gasteiger partial charge in [-0.1, -0.05) is 0 Å². The van der Waals surface area contributed by atoms with Crippen molar-refractivity contribution in [1.82, 2.24) is 9.97 Å². The molecule has 18 heavy (non-hydrogen) atoms. The lowest BCUT2D eigenvalue weighted by Crippen LogP contribution is -3.14. The van der Waals surface area contributed by atoms with E-state index in [1.165, 1.54) is 17.0 Å². The van der Waals surface area contributed by atoms with Gasteiger partial charge in [-0.25, -0.2) is 4.98 Å². The molecule has 0 aliphatic carbocycles. The number of hydrogen-bond donors (Lipinski definition) is 3. The van der Waals surface area contributed by atoms with E-state index in [0.717, 1.165) is 23.2 Å².